The third kappa shape index (κ3) is 1.89. The molecular weight excluding hydrogens is 186 g/mol. The molecule has 2 rings (SSSR count). The standard InChI is InChI=1S/C13H17NO/c1-3-10-7-8-11-5-4-6-13(15)14(2)12(11)9-10/h7-9H,3-6H2,1-2H3. The van der Waals surface area contributed by atoms with Gasteiger partial charge in [0.15, 0.2) is 0 Å². The highest BCUT2D eigenvalue weighted by Gasteiger charge is 2.18. The van der Waals surface area contributed by atoms with E-state index < -0.39 is 0 Å². The minimum atomic E-state index is 0.238. The topological polar surface area (TPSA) is 20.3 Å². The quantitative estimate of drug-likeness (QED) is 0.687. The molecule has 80 valence electrons. The van der Waals surface area contributed by atoms with Crippen LogP contribution < -0.4 is 4.90 Å². The SMILES string of the molecule is CCc1ccc2c(c1)N(C)C(=O)CCC2. The van der Waals surface area contributed by atoms with Gasteiger partial charge in [0.25, 0.3) is 0 Å². The fourth-order valence-electron chi connectivity index (χ4n) is 2.09. The molecule has 2 nitrogen and oxygen atoms in total. The van der Waals surface area contributed by atoms with Crippen molar-refractivity contribution in [3.8, 4) is 0 Å². The zero-order valence-corrected chi connectivity index (χ0v) is 9.42. The molecule has 0 bridgehead atoms. The first-order valence-corrected chi connectivity index (χ1v) is 5.60. The predicted octanol–water partition coefficient (Wildman–Crippen LogP) is 2.55. The van der Waals surface area contributed by atoms with Gasteiger partial charge in [-0.05, 0) is 36.5 Å². The molecular formula is C13H17NO. The maximum absolute atomic E-state index is 11.7. The van der Waals surface area contributed by atoms with Crippen molar-refractivity contribution in [3.05, 3.63) is 29.3 Å². The van der Waals surface area contributed by atoms with Gasteiger partial charge in [-0.2, -0.15) is 0 Å². The summed E-state index contributed by atoms with van der Waals surface area (Å²) in [4.78, 5) is 13.5. The molecule has 0 N–H and O–H groups in total. The number of nitrogens with zero attached hydrogens (tertiary/aromatic N) is 1. The number of amides is 1. The van der Waals surface area contributed by atoms with E-state index in [1.165, 1.54) is 11.1 Å². The highest BCUT2D eigenvalue weighted by atomic mass is 16.2. The largest absolute Gasteiger partial charge is 0.315 e. The molecule has 1 heterocycles. The van der Waals surface area contributed by atoms with Gasteiger partial charge in [0, 0.05) is 19.2 Å². The van der Waals surface area contributed by atoms with E-state index in [0.717, 1.165) is 24.9 Å². The van der Waals surface area contributed by atoms with Crippen LogP contribution in [0.1, 0.15) is 30.9 Å². The van der Waals surface area contributed by atoms with Crippen molar-refractivity contribution < 1.29 is 4.79 Å². The second kappa shape index (κ2) is 4.05. The molecule has 2 heteroatoms. The van der Waals surface area contributed by atoms with E-state index in [1.807, 2.05) is 11.9 Å². The van der Waals surface area contributed by atoms with Crippen LogP contribution in [0.5, 0.6) is 0 Å². The van der Waals surface area contributed by atoms with Crippen molar-refractivity contribution in [2.75, 3.05) is 11.9 Å². The van der Waals surface area contributed by atoms with Gasteiger partial charge >= 0.3 is 0 Å². The first-order chi connectivity index (χ1) is 7.22. The van der Waals surface area contributed by atoms with E-state index in [2.05, 4.69) is 25.1 Å². The molecule has 1 amide bonds. The number of hydrogen-bond donors (Lipinski definition) is 0. The van der Waals surface area contributed by atoms with Gasteiger partial charge in [-0.1, -0.05) is 19.1 Å². The number of carbonyl (C=O) groups is 1. The third-order valence-electron chi connectivity index (χ3n) is 3.13. The van der Waals surface area contributed by atoms with Crippen LogP contribution in [0.3, 0.4) is 0 Å². The first kappa shape index (κ1) is 10.2. The van der Waals surface area contributed by atoms with E-state index >= 15 is 0 Å². The molecule has 15 heavy (non-hydrogen) atoms. The molecule has 0 aromatic heterocycles. The molecule has 0 unspecified atom stereocenters. The van der Waals surface area contributed by atoms with Gasteiger partial charge in [-0.25, -0.2) is 0 Å². The molecule has 1 aliphatic rings. The van der Waals surface area contributed by atoms with Gasteiger partial charge in [-0.3, -0.25) is 4.79 Å². The molecule has 0 radical (unpaired) electrons. The predicted molar refractivity (Wildman–Crippen MR) is 62.2 cm³/mol. The summed E-state index contributed by atoms with van der Waals surface area (Å²) in [6.07, 6.45) is 3.69. The van der Waals surface area contributed by atoms with Crippen LogP contribution in [0.2, 0.25) is 0 Å². The van der Waals surface area contributed by atoms with E-state index in [1.54, 1.807) is 0 Å². The normalized spacial score (nSPS) is 16.1. The van der Waals surface area contributed by atoms with Crippen molar-refractivity contribution in [1.29, 1.82) is 0 Å². The molecule has 0 spiro atoms. The Hall–Kier alpha value is -1.31. The summed E-state index contributed by atoms with van der Waals surface area (Å²) in [5.74, 6) is 0.238. The summed E-state index contributed by atoms with van der Waals surface area (Å²) >= 11 is 0. The lowest BCUT2D eigenvalue weighted by Crippen LogP contribution is -2.25. The minimum Gasteiger partial charge on any atom is -0.315 e. The number of benzene rings is 1. The zero-order chi connectivity index (χ0) is 10.8. The molecule has 1 aromatic rings. The molecule has 1 aliphatic heterocycles. The van der Waals surface area contributed by atoms with Crippen LogP contribution >= 0.6 is 0 Å². The summed E-state index contributed by atoms with van der Waals surface area (Å²) in [6, 6.07) is 6.49. The highest BCUT2D eigenvalue weighted by Crippen LogP contribution is 2.27. The summed E-state index contributed by atoms with van der Waals surface area (Å²) < 4.78 is 0. The van der Waals surface area contributed by atoms with Crippen LogP contribution in [0.25, 0.3) is 0 Å². The van der Waals surface area contributed by atoms with Crippen LogP contribution in [0.15, 0.2) is 18.2 Å². The molecule has 0 aliphatic carbocycles. The first-order valence-electron chi connectivity index (χ1n) is 5.60. The Bertz CT molecular complexity index is 384. The number of aryl methyl sites for hydroxylation is 2. The highest BCUT2D eigenvalue weighted by molar-refractivity contribution is 5.94. The molecule has 0 atom stereocenters. The second-order valence-corrected chi connectivity index (χ2v) is 4.12. The number of anilines is 1. The lowest BCUT2D eigenvalue weighted by molar-refractivity contribution is -0.118. The van der Waals surface area contributed by atoms with Crippen molar-refractivity contribution in [2.45, 2.75) is 32.6 Å². The molecule has 0 fully saturated rings. The molecule has 1 aromatic carbocycles. The fraction of sp³-hybridized carbons (Fsp3) is 0.462. The third-order valence-corrected chi connectivity index (χ3v) is 3.13. The zero-order valence-electron chi connectivity index (χ0n) is 9.42. The smallest absolute Gasteiger partial charge is 0.226 e. The van der Waals surface area contributed by atoms with Gasteiger partial charge in [-0.15, -0.1) is 0 Å². The van der Waals surface area contributed by atoms with Crippen molar-refractivity contribution >= 4 is 11.6 Å². The lowest BCUT2D eigenvalue weighted by Gasteiger charge is -2.18. The minimum absolute atomic E-state index is 0.238. The summed E-state index contributed by atoms with van der Waals surface area (Å²) in [6.45, 7) is 2.14. The van der Waals surface area contributed by atoms with Crippen molar-refractivity contribution in [2.24, 2.45) is 0 Å². The molecule has 0 saturated heterocycles. The number of carbonyl (C=O) groups excluding carboxylic acids is 1. The Balaban J connectivity index is 2.45. The van der Waals surface area contributed by atoms with Crippen LogP contribution in [0, 0.1) is 0 Å². The van der Waals surface area contributed by atoms with Gasteiger partial charge < -0.3 is 4.90 Å². The van der Waals surface area contributed by atoms with Crippen LogP contribution in [-0.4, -0.2) is 13.0 Å². The number of hydrogen-bond acceptors (Lipinski definition) is 1. The van der Waals surface area contributed by atoms with Crippen LogP contribution in [0.4, 0.5) is 5.69 Å². The monoisotopic (exact) mass is 203 g/mol. The Morgan fingerprint density at radius 1 is 1.33 bits per heavy atom. The Kier molecular flexibility index (Phi) is 2.76. The maximum atomic E-state index is 11.7. The Labute approximate surface area is 90.9 Å². The van der Waals surface area contributed by atoms with Crippen molar-refractivity contribution in [1.82, 2.24) is 0 Å². The van der Waals surface area contributed by atoms with Gasteiger partial charge in [0.2, 0.25) is 5.91 Å². The fourth-order valence-corrected chi connectivity index (χ4v) is 2.09. The molecule has 0 saturated carbocycles. The van der Waals surface area contributed by atoms with E-state index in [-0.39, 0.29) is 5.91 Å². The van der Waals surface area contributed by atoms with E-state index in [4.69, 9.17) is 0 Å². The average Bonchev–Trinajstić information content (AvgIpc) is 2.40. The van der Waals surface area contributed by atoms with E-state index in [9.17, 15) is 4.79 Å². The van der Waals surface area contributed by atoms with Crippen LogP contribution in [-0.2, 0) is 17.6 Å². The van der Waals surface area contributed by atoms with Gasteiger partial charge in [0.1, 0.15) is 0 Å². The Morgan fingerprint density at radius 2 is 2.13 bits per heavy atom. The summed E-state index contributed by atoms with van der Waals surface area (Å²) in [5, 5.41) is 0. The average molecular weight is 203 g/mol. The second-order valence-electron chi connectivity index (χ2n) is 4.12. The summed E-state index contributed by atoms with van der Waals surface area (Å²) in [7, 11) is 1.88. The van der Waals surface area contributed by atoms with Gasteiger partial charge in [0.05, 0.1) is 0 Å². The van der Waals surface area contributed by atoms with Crippen molar-refractivity contribution in [3.63, 3.8) is 0 Å². The number of fused-ring (bicyclic) bond motifs is 1. The summed E-state index contributed by atoms with van der Waals surface area (Å²) in [5.41, 5.74) is 3.72. The Morgan fingerprint density at radius 3 is 2.87 bits per heavy atom. The number of rotatable bonds is 1. The lowest BCUT2D eigenvalue weighted by atomic mass is 10.0. The maximum Gasteiger partial charge on any atom is 0.226 e. The van der Waals surface area contributed by atoms with E-state index in [0.29, 0.717) is 6.42 Å².